The summed E-state index contributed by atoms with van der Waals surface area (Å²) in [5.41, 5.74) is 3.42. The molecule has 4 nitrogen and oxygen atoms in total. The summed E-state index contributed by atoms with van der Waals surface area (Å²) in [6.07, 6.45) is 0.153. The van der Waals surface area contributed by atoms with Crippen LogP contribution in [0, 0.1) is 6.92 Å². The van der Waals surface area contributed by atoms with Crippen LogP contribution in [-0.4, -0.2) is 22.2 Å². The van der Waals surface area contributed by atoms with E-state index >= 15 is 0 Å². The van der Waals surface area contributed by atoms with Gasteiger partial charge in [-0.2, -0.15) is 0 Å². The molecule has 0 saturated carbocycles. The lowest BCUT2D eigenvalue weighted by atomic mass is 10.1. The van der Waals surface area contributed by atoms with E-state index < -0.39 is 0 Å². The van der Waals surface area contributed by atoms with Crippen molar-refractivity contribution in [1.29, 1.82) is 0 Å². The van der Waals surface area contributed by atoms with Gasteiger partial charge in [-0.1, -0.05) is 11.6 Å². The molecule has 0 aliphatic rings. The van der Waals surface area contributed by atoms with Gasteiger partial charge >= 0.3 is 5.97 Å². The number of fused-ring (bicyclic) bond motifs is 1. The summed E-state index contributed by atoms with van der Waals surface area (Å²) >= 11 is 12.9. The maximum atomic E-state index is 12.1. The number of ether oxygens (including phenoxy) is 1. The van der Waals surface area contributed by atoms with Gasteiger partial charge in [0, 0.05) is 21.8 Å². The highest BCUT2D eigenvalue weighted by atomic mass is 79.9. The molecule has 0 unspecified atom stereocenters. The Morgan fingerprint density at radius 3 is 2.54 bits per heavy atom. The number of aromatic hydroxyl groups is 1. The molecule has 136 valence electrons. The minimum atomic E-state index is -0.286. The molecule has 0 aliphatic heterocycles. The van der Waals surface area contributed by atoms with Crippen molar-refractivity contribution >= 4 is 60.3 Å². The van der Waals surface area contributed by atoms with E-state index in [1.807, 2.05) is 29.7 Å². The number of benzene rings is 2. The molecule has 0 amide bonds. The van der Waals surface area contributed by atoms with Gasteiger partial charge in [0.05, 0.1) is 27.5 Å². The SMILES string of the molecule is CCOC(=O)Cc1c(C)n(-c2ccc(Cl)cc2)c2c(Br)c(O)c(Br)cc12. The zero-order valence-corrected chi connectivity index (χ0v) is 18.1. The predicted molar refractivity (Wildman–Crippen MR) is 110 cm³/mol. The lowest BCUT2D eigenvalue weighted by molar-refractivity contribution is -0.142. The fourth-order valence-electron chi connectivity index (χ4n) is 3.04. The molecule has 3 aromatic rings. The number of phenols is 1. The Bertz CT molecular complexity index is 997. The van der Waals surface area contributed by atoms with Crippen LogP contribution in [0.25, 0.3) is 16.6 Å². The Hall–Kier alpha value is -1.50. The summed E-state index contributed by atoms with van der Waals surface area (Å²) in [7, 11) is 0. The van der Waals surface area contributed by atoms with Crippen molar-refractivity contribution < 1.29 is 14.6 Å². The largest absolute Gasteiger partial charge is 0.505 e. The van der Waals surface area contributed by atoms with Crippen molar-refractivity contribution in [3.63, 3.8) is 0 Å². The van der Waals surface area contributed by atoms with Crippen LogP contribution in [0.1, 0.15) is 18.2 Å². The van der Waals surface area contributed by atoms with Crippen molar-refractivity contribution in [3.8, 4) is 11.4 Å². The first-order valence-electron chi connectivity index (χ1n) is 7.97. The van der Waals surface area contributed by atoms with Crippen molar-refractivity contribution in [2.24, 2.45) is 0 Å². The topological polar surface area (TPSA) is 51.5 Å². The number of aromatic nitrogens is 1. The van der Waals surface area contributed by atoms with Gasteiger partial charge in [0.2, 0.25) is 0 Å². The molecule has 0 fully saturated rings. The number of halogens is 3. The van der Waals surface area contributed by atoms with Crippen molar-refractivity contribution in [3.05, 3.63) is 55.6 Å². The van der Waals surface area contributed by atoms with Gasteiger partial charge in [-0.25, -0.2) is 0 Å². The number of carbonyl (C=O) groups excluding carboxylic acids is 1. The Kier molecular flexibility index (Phi) is 5.65. The first-order valence-corrected chi connectivity index (χ1v) is 9.94. The second-order valence-corrected chi connectivity index (χ2v) is 7.86. The Balaban J connectivity index is 2.33. The monoisotopic (exact) mass is 499 g/mol. The van der Waals surface area contributed by atoms with E-state index in [0.29, 0.717) is 20.6 Å². The van der Waals surface area contributed by atoms with Crippen LogP contribution in [0.15, 0.2) is 39.3 Å². The highest BCUT2D eigenvalue weighted by Gasteiger charge is 2.23. The molecule has 0 spiro atoms. The quantitative estimate of drug-likeness (QED) is 0.451. The number of hydrogen-bond donors (Lipinski definition) is 1. The van der Waals surface area contributed by atoms with Crippen LogP contribution in [0.5, 0.6) is 5.75 Å². The molecule has 0 saturated heterocycles. The molecular weight excluding hydrogens is 485 g/mol. The van der Waals surface area contributed by atoms with E-state index in [1.165, 1.54) is 0 Å². The zero-order valence-electron chi connectivity index (χ0n) is 14.1. The standard InChI is InChI=1S/C19H16Br2ClNO3/c1-3-26-16(24)9-13-10(2)23(12-6-4-11(22)5-7-12)18-14(13)8-15(20)19(25)17(18)21/h4-8,25H,3,9H2,1-2H3. The minimum absolute atomic E-state index is 0.105. The molecule has 0 bridgehead atoms. The van der Waals surface area contributed by atoms with Crippen LogP contribution < -0.4 is 0 Å². The van der Waals surface area contributed by atoms with E-state index in [4.69, 9.17) is 16.3 Å². The van der Waals surface area contributed by atoms with E-state index in [2.05, 4.69) is 31.9 Å². The van der Waals surface area contributed by atoms with E-state index in [1.54, 1.807) is 19.1 Å². The Labute approximate surface area is 173 Å². The number of carbonyl (C=O) groups is 1. The van der Waals surface area contributed by atoms with Gasteiger partial charge in [-0.15, -0.1) is 0 Å². The molecule has 3 rings (SSSR count). The van der Waals surface area contributed by atoms with Gasteiger partial charge in [0.1, 0.15) is 5.75 Å². The van der Waals surface area contributed by atoms with Gasteiger partial charge in [0.15, 0.2) is 0 Å². The van der Waals surface area contributed by atoms with E-state index in [-0.39, 0.29) is 18.1 Å². The summed E-state index contributed by atoms with van der Waals surface area (Å²) in [4.78, 5) is 12.1. The van der Waals surface area contributed by atoms with Crippen LogP contribution in [0.4, 0.5) is 0 Å². The molecule has 26 heavy (non-hydrogen) atoms. The third-order valence-electron chi connectivity index (χ3n) is 4.20. The molecule has 0 radical (unpaired) electrons. The Morgan fingerprint density at radius 1 is 1.27 bits per heavy atom. The lowest BCUT2D eigenvalue weighted by Crippen LogP contribution is -2.08. The van der Waals surface area contributed by atoms with Crippen molar-refractivity contribution in [2.45, 2.75) is 20.3 Å². The molecule has 1 heterocycles. The second-order valence-electron chi connectivity index (χ2n) is 5.77. The molecule has 0 aliphatic carbocycles. The van der Waals surface area contributed by atoms with Crippen LogP contribution in [-0.2, 0) is 16.0 Å². The third-order valence-corrected chi connectivity index (χ3v) is 5.81. The third kappa shape index (κ3) is 3.38. The maximum absolute atomic E-state index is 12.1. The average Bonchev–Trinajstić information content (AvgIpc) is 2.86. The fourth-order valence-corrected chi connectivity index (χ4v) is 4.46. The number of rotatable bonds is 4. The van der Waals surface area contributed by atoms with Crippen LogP contribution in [0.3, 0.4) is 0 Å². The number of esters is 1. The second kappa shape index (κ2) is 7.62. The minimum Gasteiger partial charge on any atom is -0.505 e. The van der Waals surface area contributed by atoms with Crippen molar-refractivity contribution in [1.82, 2.24) is 4.57 Å². The van der Waals surface area contributed by atoms with Crippen LogP contribution >= 0.6 is 43.5 Å². The van der Waals surface area contributed by atoms with Crippen molar-refractivity contribution in [2.75, 3.05) is 6.61 Å². The van der Waals surface area contributed by atoms with Gasteiger partial charge in [-0.05, 0) is 81.6 Å². The van der Waals surface area contributed by atoms with Gasteiger partial charge < -0.3 is 14.4 Å². The highest BCUT2D eigenvalue weighted by molar-refractivity contribution is 9.11. The molecule has 1 aromatic heterocycles. The molecule has 2 aromatic carbocycles. The molecular formula is C19H16Br2ClNO3. The number of nitrogens with zero attached hydrogens (tertiary/aromatic N) is 1. The van der Waals surface area contributed by atoms with E-state index in [9.17, 15) is 9.90 Å². The van der Waals surface area contributed by atoms with Gasteiger partial charge in [0.25, 0.3) is 0 Å². The number of hydrogen-bond acceptors (Lipinski definition) is 3. The Morgan fingerprint density at radius 2 is 1.92 bits per heavy atom. The maximum Gasteiger partial charge on any atom is 0.310 e. The smallest absolute Gasteiger partial charge is 0.310 e. The summed E-state index contributed by atoms with van der Waals surface area (Å²) in [5.74, 6) is -0.182. The summed E-state index contributed by atoms with van der Waals surface area (Å²) in [6.45, 7) is 4.06. The summed E-state index contributed by atoms with van der Waals surface area (Å²) < 4.78 is 8.22. The number of phenolic OH excluding ortho intramolecular Hbond substituents is 1. The zero-order chi connectivity index (χ0) is 19.0. The predicted octanol–water partition coefficient (Wildman–Crippen LogP) is 5.93. The fraction of sp³-hybridized carbons (Fsp3) is 0.211. The first kappa shape index (κ1) is 19.3. The lowest BCUT2D eigenvalue weighted by Gasteiger charge is -2.11. The molecule has 1 N–H and O–H groups in total. The van der Waals surface area contributed by atoms with E-state index in [0.717, 1.165) is 27.8 Å². The molecule has 7 heteroatoms. The van der Waals surface area contributed by atoms with Gasteiger partial charge in [-0.3, -0.25) is 4.79 Å². The average molecular weight is 502 g/mol. The molecule has 0 atom stereocenters. The normalized spacial score (nSPS) is 11.1. The first-order chi connectivity index (χ1) is 12.3. The highest BCUT2D eigenvalue weighted by Crippen LogP contribution is 2.43. The van der Waals surface area contributed by atoms with Crippen LogP contribution in [0.2, 0.25) is 5.02 Å². The summed E-state index contributed by atoms with van der Waals surface area (Å²) in [5, 5.41) is 11.9. The summed E-state index contributed by atoms with van der Waals surface area (Å²) in [6, 6.07) is 9.23.